The van der Waals surface area contributed by atoms with Crippen LogP contribution >= 0.6 is 11.8 Å². The van der Waals surface area contributed by atoms with Crippen LogP contribution in [0.3, 0.4) is 0 Å². The molecule has 1 fully saturated rings. The number of fused-ring (bicyclic) bond motifs is 1. The molecule has 1 atom stereocenters. The molecule has 1 saturated heterocycles. The second-order valence-electron chi connectivity index (χ2n) is 7.24. The van der Waals surface area contributed by atoms with E-state index in [2.05, 4.69) is 4.98 Å². The zero-order valence-corrected chi connectivity index (χ0v) is 17.7. The van der Waals surface area contributed by atoms with E-state index in [1.807, 2.05) is 67.6 Å². The number of pyridine rings is 1. The molecule has 150 valence electrons. The fourth-order valence-electron chi connectivity index (χ4n) is 3.72. The number of amides is 1. The van der Waals surface area contributed by atoms with Crippen LogP contribution in [-0.4, -0.2) is 42.6 Å². The zero-order chi connectivity index (χ0) is 20.4. The van der Waals surface area contributed by atoms with Crippen LogP contribution in [0, 0.1) is 6.92 Å². The van der Waals surface area contributed by atoms with Gasteiger partial charge in [-0.25, -0.2) is 13.4 Å². The largest absolute Gasteiger partial charge is 0.308 e. The van der Waals surface area contributed by atoms with E-state index in [1.54, 1.807) is 4.90 Å². The summed E-state index contributed by atoms with van der Waals surface area (Å²) in [6.45, 7) is 2.04. The van der Waals surface area contributed by atoms with Gasteiger partial charge in [-0.05, 0) is 43.2 Å². The molecule has 0 radical (unpaired) electrons. The second kappa shape index (κ2) is 8.16. The standard InChI is InChI=1S/C22H22N2O3S2/c1-16-13-21(23-20-10-6-5-9-19(16)20)28-14-22(25)24(17-7-3-2-4-8-17)18-11-12-29(26,27)15-18/h2-10,13,18H,11-12,14-15H2,1H3/t18-/m1/s1. The first kappa shape index (κ1) is 19.9. The summed E-state index contributed by atoms with van der Waals surface area (Å²) in [6, 6.07) is 18.9. The maximum absolute atomic E-state index is 13.1. The first-order valence-corrected chi connectivity index (χ1v) is 12.3. The van der Waals surface area contributed by atoms with Gasteiger partial charge in [0.15, 0.2) is 9.84 Å². The summed E-state index contributed by atoms with van der Waals surface area (Å²) in [5, 5.41) is 1.90. The molecule has 0 saturated carbocycles. The van der Waals surface area contributed by atoms with Gasteiger partial charge in [-0.3, -0.25) is 4.79 Å². The van der Waals surface area contributed by atoms with E-state index in [-0.39, 0.29) is 29.2 Å². The van der Waals surface area contributed by atoms with E-state index in [1.165, 1.54) is 11.8 Å². The van der Waals surface area contributed by atoms with E-state index >= 15 is 0 Å². The van der Waals surface area contributed by atoms with E-state index in [9.17, 15) is 13.2 Å². The average Bonchev–Trinajstić information content (AvgIpc) is 3.07. The van der Waals surface area contributed by atoms with Crippen LogP contribution in [0.1, 0.15) is 12.0 Å². The van der Waals surface area contributed by atoms with Crippen molar-refractivity contribution < 1.29 is 13.2 Å². The van der Waals surface area contributed by atoms with Crippen molar-refractivity contribution in [2.24, 2.45) is 0 Å². The Morgan fingerprint density at radius 2 is 1.86 bits per heavy atom. The van der Waals surface area contributed by atoms with E-state index in [0.717, 1.165) is 27.2 Å². The van der Waals surface area contributed by atoms with E-state index < -0.39 is 9.84 Å². The summed E-state index contributed by atoms with van der Waals surface area (Å²) in [4.78, 5) is 19.5. The van der Waals surface area contributed by atoms with Gasteiger partial charge in [0.2, 0.25) is 5.91 Å². The highest BCUT2D eigenvalue weighted by atomic mass is 32.2. The predicted molar refractivity (Wildman–Crippen MR) is 118 cm³/mol. The highest BCUT2D eigenvalue weighted by Crippen LogP contribution is 2.28. The highest BCUT2D eigenvalue weighted by molar-refractivity contribution is 7.99. The number of hydrogen-bond donors (Lipinski definition) is 0. The van der Waals surface area contributed by atoms with Crippen molar-refractivity contribution >= 4 is 44.1 Å². The van der Waals surface area contributed by atoms with Crippen LogP contribution in [0.15, 0.2) is 65.7 Å². The Bertz CT molecular complexity index is 1150. The van der Waals surface area contributed by atoms with Crippen LogP contribution in [0.25, 0.3) is 10.9 Å². The molecule has 0 bridgehead atoms. The number of rotatable bonds is 5. The number of sulfone groups is 1. The quantitative estimate of drug-likeness (QED) is 0.580. The minimum Gasteiger partial charge on any atom is -0.308 e. The number of nitrogens with zero attached hydrogens (tertiary/aromatic N) is 2. The summed E-state index contributed by atoms with van der Waals surface area (Å²) in [6.07, 6.45) is 0.473. The number of thioether (sulfide) groups is 1. The first-order chi connectivity index (χ1) is 13.9. The summed E-state index contributed by atoms with van der Waals surface area (Å²) in [5.41, 5.74) is 2.76. The molecular weight excluding hydrogens is 404 g/mol. The van der Waals surface area contributed by atoms with Gasteiger partial charge in [0, 0.05) is 11.1 Å². The molecular formula is C22H22N2O3S2. The molecule has 3 aromatic rings. The van der Waals surface area contributed by atoms with E-state index in [4.69, 9.17) is 0 Å². The smallest absolute Gasteiger partial charge is 0.237 e. The molecule has 7 heteroatoms. The van der Waals surface area contributed by atoms with Crippen LogP contribution in [-0.2, 0) is 14.6 Å². The topological polar surface area (TPSA) is 67.3 Å². The third-order valence-electron chi connectivity index (χ3n) is 5.12. The molecule has 29 heavy (non-hydrogen) atoms. The van der Waals surface area contributed by atoms with Gasteiger partial charge < -0.3 is 4.90 Å². The van der Waals surface area contributed by atoms with Crippen LogP contribution < -0.4 is 4.90 Å². The number of hydrogen-bond acceptors (Lipinski definition) is 5. The number of carbonyl (C=O) groups excluding carboxylic acids is 1. The molecule has 0 aliphatic carbocycles. The van der Waals surface area contributed by atoms with Gasteiger partial charge in [-0.1, -0.05) is 48.2 Å². The molecule has 2 aromatic carbocycles. The molecule has 1 aromatic heterocycles. The van der Waals surface area contributed by atoms with Gasteiger partial charge in [-0.15, -0.1) is 0 Å². The maximum Gasteiger partial charge on any atom is 0.237 e. The Morgan fingerprint density at radius 3 is 2.59 bits per heavy atom. The SMILES string of the molecule is Cc1cc(SCC(=O)N(c2ccccc2)[C@@H]2CCS(=O)(=O)C2)nc2ccccc12. The molecule has 5 nitrogen and oxygen atoms in total. The van der Waals surface area contributed by atoms with Crippen molar-refractivity contribution in [3.05, 3.63) is 66.2 Å². The van der Waals surface area contributed by atoms with Gasteiger partial charge >= 0.3 is 0 Å². The number of aromatic nitrogens is 1. The highest BCUT2D eigenvalue weighted by Gasteiger charge is 2.35. The molecule has 0 unspecified atom stereocenters. The molecule has 4 rings (SSSR count). The number of anilines is 1. The third-order valence-corrected chi connectivity index (χ3v) is 7.77. The minimum absolute atomic E-state index is 0.0195. The second-order valence-corrected chi connectivity index (χ2v) is 10.5. The van der Waals surface area contributed by atoms with Crippen molar-refractivity contribution in [3.63, 3.8) is 0 Å². The number of benzene rings is 2. The summed E-state index contributed by atoms with van der Waals surface area (Å²) in [7, 11) is -3.09. The zero-order valence-electron chi connectivity index (χ0n) is 16.1. The number of carbonyl (C=O) groups is 1. The molecule has 0 N–H and O–H groups in total. The van der Waals surface area contributed by atoms with Crippen molar-refractivity contribution in [2.45, 2.75) is 24.4 Å². The summed E-state index contributed by atoms with van der Waals surface area (Å²) < 4.78 is 24.0. The lowest BCUT2D eigenvalue weighted by molar-refractivity contribution is -0.116. The van der Waals surface area contributed by atoms with Crippen molar-refractivity contribution in [2.75, 3.05) is 22.2 Å². The fraction of sp³-hybridized carbons (Fsp3) is 0.273. The predicted octanol–water partition coefficient (Wildman–Crippen LogP) is 3.86. The third kappa shape index (κ3) is 4.46. The first-order valence-electron chi connectivity index (χ1n) is 9.50. The lowest BCUT2D eigenvalue weighted by Gasteiger charge is -2.28. The Labute approximate surface area is 175 Å². The fourth-order valence-corrected chi connectivity index (χ4v) is 6.26. The van der Waals surface area contributed by atoms with Crippen molar-refractivity contribution in [3.8, 4) is 0 Å². The lowest BCUT2D eigenvalue weighted by Crippen LogP contribution is -2.42. The Morgan fingerprint density at radius 1 is 1.14 bits per heavy atom. The van der Waals surface area contributed by atoms with Gasteiger partial charge in [0.25, 0.3) is 0 Å². The Balaban J connectivity index is 1.56. The number of aryl methyl sites for hydroxylation is 1. The van der Waals surface area contributed by atoms with Crippen LogP contribution in [0.2, 0.25) is 0 Å². The van der Waals surface area contributed by atoms with E-state index in [0.29, 0.717) is 6.42 Å². The Kier molecular flexibility index (Phi) is 5.61. The lowest BCUT2D eigenvalue weighted by atomic mass is 10.1. The monoisotopic (exact) mass is 426 g/mol. The molecule has 2 heterocycles. The minimum atomic E-state index is -3.09. The van der Waals surface area contributed by atoms with Crippen molar-refractivity contribution in [1.82, 2.24) is 4.98 Å². The van der Waals surface area contributed by atoms with Crippen LogP contribution in [0.4, 0.5) is 5.69 Å². The van der Waals surface area contributed by atoms with Crippen molar-refractivity contribution in [1.29, 1.82) is 0 Å². The molecule has 1 aliphatic heterocycles. The average molecular weight is 427 g/mol. The molecule has 0 spiro atoms. The molecule has 1 aliphatic rings. The summed E-state index contributed by atoms with van der Waals surface area (Å²) in [5.74, 6) is 0.255. The van der Waals surface area contributed by atoms with Gasteiger partial charge in [0.1, 0.15) is 0 Å². The summed E-state index contributed by atoms with van der Waals surface area (Å²) >= 11 is 1.39. The molecule has 1 amide bonds. The van der Waals surface area contributed by atoms with Gasteiger partial charge in [0.05, 0.1) is 33.8 Å². The number of para-hydroxylation sites is 2. The normalized spacial score (nSPS) is 18.0. The van der Waals surface area contributed by atoms with Crippen LogP contribution in [0.5, 0.6) is 0 Å². The Hall–Kier alpha value is -2.38. The maximum atomic E-state index is 13.1. The van der Waals surface area contributed by atoms with Gasteiger partial charge in [-0.2, -0.15) is 0 Å².